The number of nitrogens with zero attached hydrogens (tertiary/aromatic N) is 3. The number of piperidine rings is 1. The molecule has 0 spiro atoms. The fourth-order valence-corrected chi connectivity index (χ4v) is 4.61. The molecule has 1 fully saturated rings. The van der Waals surface area contributed by atoms with Crippen molar-refractivity contribution >= 4 is 23.6 Å². The number of ether oxygens (including phenoxy) is 3. The third kappa shape index (κ3) is 10.0. The van der Waals surface area contributed by atoms with Gasteiger partial charge in [0, 0.05) is 55.9 Å². The van der Waals surface area contributed by atoms with E-state index in [4.69, 9.17) is 24.7 Å². The van der Waals surface area contributed by atoms with Gasteiger partial charge in [-0.05, 0) is 82.1 Å². The summed E-state index contributed by atoms with van der Waals surface area (Å²) in [7, 11) is 0. The Morgan fingerprint density at radius 3 is 1.80 bits per heavy atom. The summed E-state index contributed by atoms with van der Waals surface area (Å²) in [6, 6.07) is 22.4. The molecule has 1 aliphatic heterocycles. The average molecular weight is 610 g/mol. The molecule has 4 rings (SSSR count). The molecule has 1 aliphatic rings. The normalized spacial score (nSPS) is 13.1. The number of anilines is 1. The zero-order valence-electron chi connectivity index (χ0n) is 25.5. The molecule has 232 valence electrons. The highest BCUT2D eigenvalue weighted by Crippen LogP contribution is 2.33. The summed E-state index contributed by atoms with van der Waals surface area (Å²) in [6.07, 6.45) is 0.562. The molecule has 0 bridgehead atoms. The van der Waals surface area contributed by atoms with E-state index >= 15 is 0 Å². The molecule has 45 heavy (non-hydrogen) atoms. The quantitative estimate of drug-likeness (QED) is 0.295. The number of benzene rings is 3. The van der Waals surface area contributed by atoms with Crippen molar-refractivity contribution in [2.75, 3.05) is 25.0 Å². The summed E-state index contributed by atoms with van der Waals surface area (Å²) in [4.78, 5) is 39.4. The van der Waals surface area contributed by atoms with E-state index < -0.39 is 11.7 Å². The number of nitriles is 2. The van der Waals surface area contributed by atoms with Crippen molar-refractivity contribution in [2.45, 2.75) is 45.6 Å². The largest absolute Gasteiger partial charge is 0.457 e. The van der Waals surface area contributed by atoms with Gasteiger partial charge in [-0.25, -0.2) is 4.79 Å². The Bertz CT molecular complexity index is 1510. The number of rotatable bonds is 9. The van der Waals surface area contributed by atoms with Crippen LogP contribution in [-0.2, 0) is 14.3 Å². The number of alkyl carbamates (subject to hydrolysis) is 1. The molecule has 0 aliphatic carbocycles. The summed E-state index contributed by atoms with van der Waals surface area (Å²) in [5.41, 5.74) is 0.841. The van der Waals surface area contributed by atoms with Crippen LogP contribution in [0.3, 0.4) is 0 Å². The van der Waals surface area contributed by atoms with Crippen LogP contribution in [0.1, 0.15) is 51.2 Å². The molecule has 3 aromatic carbocycles. The SMILES string of the molecule is CC(C)(C)OC(=O)NCCC(=O)N1CCC(C(=O)Nc2cc(Oc3ccc(C#N)cc3)cc(Oc3ccc(C#N)cc3)c2)CC1. The van der Waals surface area contributed by atoms with Crippen LogP contribution in [-0.4, -0.2) is 48.0 Å². The zero-order valence-corrected chi connectivity index (χ0v) is 25.5. The molecule has 0 radical (unpaired) electrons. The van der Waals surface area contributed by atoms with Crippen LogP contribution >= 0.6 is 0 Å². The second-order valence-electron chi connectivity index (χ2n) is 11.5. The summed E-state index contributed by atoms with van der Waals surface area (Å²) < 4.78 is 17.2. The van der Waals surface area contributed by atoms with Crippen LogP contribution in [0.5, 0.6) is 23.0 Å². The van der Waals surface area contributed by atoms with E-state index in [1.807, 2.05) is 0 Å². The number of hydrogen-bond acceptors (Lipinski definition) is 8. The van der Waals surface area contributed by atoms with E-state index in [1.165, 1.54) is 0 Å². The van der Waals surface area contributed by atoms with Crippen LogP contribution in [0.2, 0.25) is 0 Å². The highest BCUT2D eigenvalue weighted by atomic mass is 16.6. The molecule has 0 atom stereocenters. The highest BCUT2D eigenvalue weighted by molar-refractivity contribution is 5.93. The Morgan fingerprint density at radius 1 is 0.822 bits per heavy atom. The molecule has 3 aromatic rings. The van der Waals surface area contributed by atoms with Gasteiger partial charge in [0.1, 0.15) is 28.6 Å². The monoisotopic (exact) mass is 609 g/mol. The summed E-state index contributed by atoms with van der Waals surface area (Å²) >= 11 is 0. The molecule has 0 saturated carbocycles. The van der Waals surface area contributed by atoms with Crippen molar-refractivity contribution in [2.24, 2.45) is 5.92 Å². The molecule has 0 aromatic heterocycles. The predicted octanol–water partition coefficient (Wildman–Crippen LogP) is 6.11. The van der Waals surface area contributed by atoms with Crippen molar-refractivity contribution in [1.82, 2.24) is 10.2 Å². The van der Waals surface area contributed by atoms with Crippen molar-refractivity contribution in [1.29, 1.82) is 10.5 Å². The Labute approximate surface area is 262 Å². The maximum absolute atomic E-state index is 13.3. The van der Waals surface area contributed by atoms with Crippen LogP contribution < -0.4 is 20.1 Å². The number of carbonyl (C=O) groups excluding carboxylic acids is 3. The van der Waals surface area contributed by atoms with Gasteiger partial charge in [0.2, 0.25) is 11.8 Å². The Balaban J connectivity index is 1.37. The topological polar surface area (TPSA) is 154 Å². The van der Waals surface area contributed by atoms with Crippen LogP contribution in [0.15, 0.2) is 66.7 Å². The van der Waals surface area contributed by atoms with E-state index in [-0.39, 0.29) is 30.7 Å². The van der Waals surface area contributed by atoms with Gasteiger partial charge in [-0.15, -0.1) is 0 Å². The van der Waals surface area contributed by atoms with E-state index in [1.54, 1.807) is 92.4 Å². The van der Waals surface area contributed by atoms with Crippen molar-refractivity contribution < 1.29 is 28.6 Å². The molecule has 11 nitrogen and oxygen atoms in total. The number of likely N-dealkylation sites (tertiary alicyclic amines) is 1. The molecule has 1 saturated heterocycles. The molecular formula is C34H35N5O6. The minimum absolute atomic E-state index is 0.0952. The first-order valence-corrected chi connectivity index (χ1v) is 14.6. The third-order valence-electron chi connectivity index (χ3n) is 6.81. The van der Waals surface area contributed by atoms with E-state index in [2.05, 4.69) is 22.8 Å². The van der Waals surface area contributed by atoms with Crippen LogP contribution in [0.25, 0.3) is 0 Å². The lowest BCUT2D eigenvalue weighted by molar-refractivity contribution is -0.134. The summed E-state index contributed by atoms with van der Waals surface area (Å²) in [5, 5.41) is 23.7. The Morgan fingerprint density at radius 2 is 1.33 bits per heavy atom. The first-order chi connectivity index (χ1) is 21.5. The molecule has 0 unspecified atom stereocenters. The number of hydrogen-bond donors (Lipinski definition) is 2. The first kappa shape index (κ1) is 32.4. The predicted molar refractivity (Wildman–Crippen MR) is 166 cm³/mol. The van der Waals surface area contributed by atoms with Gasteiger partial charge in [0.15, 0.2) is 0 Å². The maximum atomic E-state index is 13.3. The fraction of sp³-hybridized carbons (Fsp3) is 0.324. The zero-order chi connectivity index (χ0) is 32.4. The Hall–Kier alpha value is -5.55. The third-order valence-corrected chi connectivity index (χ3v) is 6.81. The number of carbonyl (C=O) groups is 3. The lowest BCUT2D eigenvalue weighted by Crippen LogP contribution is -2.42. The highest BCUT2D eigenvalue weighted by Gasteiger charge is 2.27. The van der Waals surface area contributed by atoms with E-state index in [9.17, 15) is 14.4 Å². The standard InChI is InChI=1S/C34H35N5O6/c1-34(2,3)45-33(42)37-15-12-31(40)39-16-13-25(14-17-39)32(41)38-26-18-29(43-27-8-4-23(21-35)5-9-27)20-30(19-26)44-28-10-6-24(22-36)7-11-28/h4-11,18-20,25H,12-17H2,1-3H3,(H,37,42)(H,38,41). The van der Waals surface area contributed by atoms with Gasteiger partial charge < -0.3 is 29.7 Å². The maximum Gasteiger partial charge on any atom is 0.407 e. The van der Waals surface area contributed by atoms with Gasteiger partial charge in [-0.3, -0.25) is 9.59 Å². The summed E-state index contributed by atoms with van der Waals surface area (Å²) in [6.45, 7) is 6.33. The van der Waals surface area contributed by atoms with Crippen LogP contribution in [0.4, 0.5) is 10.5 Å². The fourth-order valence-electron chi connectivity index (χ4n) is 4.61. The van der Waals surface area contributed by atoms with Crippen molar-refractivity contribution in [3.05, 3.63) is 77.9 Å². The average Bonchev–Trinajstić information content (AvgIpc) is 3.01. The summed E-state index contributed by atoms with van der Waals surface area (Å²) in [5.74, 6) is 1.22. The second-order valence-corrected chi connectivity index (χ2v) is 11.5. The molecule has 11 heteroatoms. The lowest BCUT2D eigenvalue weighted by Gasteiger charge is -2.31. The van der Waals surface area contributed by atoms with Gasteiger partial charge in [0.05, 0.1) is 23.3 Å². The van der Waals surface area contributed by atoms with Crippen molar-refractivity contribution in [3.8, 4) is 35.1 Å². The molecular weight excluding hydrogens is 574 g/mol. The van der Waals surface area contributed by atoms with Gasteiger partial charge in [-0.2, -0.15) is 10.5 Å². The van der Waals surface area contributed by atoms with Crippen LogP contribution in [0, 0.1) is 28.6 Å². The molecule has 1 heterocycles. The smallest absolute Gasteiger partial charge is 0.407 e. The molecule has 2 N–H and O–H groups in total. The van der Waals surface area contributed by atoms with E-state index in [0.29, 0.717) is 65.7 Å². The Kier molecular flexibility index (Phi) is 10.6. The number of amides is 3. The van der Waals surface area contributed by atoms with E-state index in [0.717, 1.165) is 0 Å². The molecule has 3 amide bonds. The van der Waals surface area contributed by atoms with Gasteiger partial charge >= 0.3 is 6.09 Å². The van der Waals surface area contributed by atoms with Crippen molar-refractivity contribution in [3.63, 3.8) is 0 Å². The lowest BCUT2D eigenvalue weighted by atomic mass is 9.95. The minimum atomic E-state index is -0.616. The minimum Gasteiger partial charge on any atom is -0.457 e. The van der Waals surface area contributed by atoms with Gasteiger partial charge in [0.25, 0.3) is 0 Å². The van der Waals surface area contributed by atoms with Gasteiger partial charge in [-0.1, -0.05) is 0 Å². The first-order valence-electron chi connectivity index (χ1n) is 14.6. The second kappa shape index (κ2) is 14.8. The number of nitrogens with one attached hydrogen (secondary N) is 2.